The Morgan fingerprint density at radius 2 is 1.19 bits per heavy atom. The molecular weight excluding hydrogens is 822 g/mol. The molecule has 13 heteroatoms. The van der Waals surface area contributed by atoms with Gasteiger partial charge in [-0.05, 0) is 103 Å². The lowest BCUT2D eigenvalue weighted by molar-refractivity contribution is -0.144. The van der Waals surface area contributed by atoms with E-state index in [-0.39, 0.29) is 38.0 Å². The molecule has 63 heavy (non-hydrogen) atoms. The molecule has 0 spiro atoms. The molecule has 3 aliphatic heterocycles. The highest BCUT2D eigenvalue weighted by Gasteiger charge is 2.37. The largest absolute Gasteiger partial charge is 0.477 e. The number of ether oxygens (including phenoxy) is 6. The fourth-order valence-corrected chi connectivity index (χ4v) is 8.46. The summed E-state index contributed by atoms with van der Waals surface area (Å²) in [5.74, 6) is 2.05. The number of likely N-dealkylation sites (tertiary alicyclic amines) is 1. The molecule has 326 valence electrons. The van der Waals surface area contributed by atoms with Crippen molar-refractivity contribution < 1.29 is 43.1 Å². The van der Waals surface area contributed by atoms with Gasteiger partial charge in [-0.1, -0.05) is 60.1 Å². The van der Waals surface area contributed by atoms with E-state index < -0.39 is 5.60 Å². The number of para-hydroxylation sites is 2. The van der Waals surface area contributed by atoms with Crippen LogP contribution in [0.4, 0.5) is 0 Å². The number of esters is 2. The highest BCUT2D eigenvalue weighted by atomic mass is 35.5. The molecule has 3 aromatic carbocycles. The quantitative estimate of drug-likeness (QED) is 0.113. The summed E-state index contributed by atoms with van der Waals surface area (Å²) in [7, 11) is 0. The third kappa shape index (κ3) is 9.82. The van der Waals surface area contributed by atoms with E-state index in [0.29, 0.717) is 92.0 Å². The van der Waals surface area contributed by atoms with Crippen molar-refractivity contribution in [3.63, 3.8) is 0 Å². The molecule has 12 nitrogen and oxygen atoms in total. The lowest BCUT2D eigenvalue weighted by Crippen LogP contribution is -2.42. The minimum absolute atomic E-state index is 0.0834. The summed E-state index contributed by atoms with van der Waals surface area (Å²) in [5, 5.41) is 12.7. The Hall–Kier alpha value is -6.37. The van der Waals surface area contributed by atoms with E-state index in [0.717, 1.165) is 50.2 Å². The predicted molar refractivity (Wildman–Crippen MR) is 238 cm³/mol. The van der Waals surface area contributed by atoms with E-state index in [1.165, 1.54) is 0 Å². The number of carbonyl (C=O) groups is 2. The number of aromatic nitrogens is 2. The molecule has 1 N–H and O–H groups in total. The minimum Gasteiger partial charge on any atom is -0.477 e. The summed E-state index contributed by atoms with van der Waals surface area (Å²) in [5.41, 5.74) is 7.25. The molecule has 0 aliphatic carbocycles. The van der Waals surface area contributed by atoms with Gasteiger partial charge >= 0.3 is 11.9 Å². The molecule has 1 saturated heterocycles. The number of pyridine rings is 2. The SMILES string of the molecule is CCOC(=O)CCOc1ccc2c(n1)Oc1ccccc1C/C2=C(C)/C(=C1\Cc2ccccc2Oc2nc(OCCC(=O)OCC)ccc21)N1CCC(O)(c2ccc(Cl)cc2)CC1. The second-order valence-corrected chi connectivity index (χ2v) is 16.0. The number of allylic oxidation sites excluding steroid dienone is 3. The summed E-state index contributed by atoms with van der Waals surface area (Å²) in [6.45, 7) is 7.54. The zero-order valence-corrected chi connectivity index (χ0v) is 36.4. The Morgan fingerprint density at radius 3 is 1.71 bits per heavy atom. The highest BCUT2D eigenvalue weighted by Crippen LogP contribution is 2.47. The molecule has 0 atom stereocenters. The topological polar surface area (TPSA) is 139 Å². The Kier molecular flexibility index (Phi) is 13.3. The monoisotopic (exact) mass is 871 g/mol. The van der Waals surface area contributed by atoms with Gasteiger partial charge in [-0.3, -0.25) is 9.59 Å². The molecule has 0 unspecified atom stereocenters. The average Bonchev–Trinajstić information content (AvgIpc) is 3.55. The van der Waals surface area contributed by atoms with Gasteiger partial charge in [0.25, 0.3) is 0 Å². The van der Waals surface area contributed by atoms with Gasteiger partial charge in [0.1, 0.15) is 24.7 Å². The summed E-state index contributed by atoms with van der Waals surface area (Å²) in [4.78, 5) is 36.3. The first-order valence-corrected chi connectivity index (χ1v) is 21.8. The van der Waals surface area contributed by atoms with Gasteiger partial charge in [0, 0.05) is 59.9 Å². The Bertz CT molecular complexity index is 2550. The number of nitrogens with zero attached hydrogens (tertiary/aromatic N) is 3. The zero-order valence-electron chi connectivity index (χ0n) is 35.7. The number of aliphatic hydroxyl groups is 1. The van der Waals surface area contributed by atoms with Crippen LogP contribution in [0.2, 0.25) is 5.02 Å². The van der Waals surface area contributed by atoms with Crippen molar-refractivity contribution in [1.29, 1.82) is 0 Å². The van der Waals surface area contributed by atoms with Crippen molar-refractivity contribution >= 4 is 34.7 Å². The number of rotatable bonds is 13. The Balaban J connectivity index is 1.27. The lowest BCUT2D eigenvalue weighted by atomic mass is 9.82. The number of hydrogen-bond donors (Lipinski definition) is 1. The molecule has 0 radical (unpaired) electrons. The maximum atomic E-state index is 12.1. The first-order valence-electron chi connectivity index (χ1n) is 21.4. The van der Waals surface area contributed by atoms with Crippen LogP contribution in [0.15, 0.2) is 108 Å². The summed E-state index contributed by atoms with van der Waals surface area (Å²) in [6, 6.07) is 30.8. The molecule has 5 aromatic rings. The Labute approximate surface area is 372 Å². The average molecular weight is 872 g/mol. The highest BCUT2D eigenvalue weighted by molar-refractivity contribution is 6.30. The van der Waals surface area contributed by atoms with Crippen LogP contribution in [0.3, 0.4) is 0 Å². The van der Waals surface area contributed by atoms with E-state index in [1.54, 1.807) is 26.0 Å². The number of benzene rings is 3. The van der Waals surface area contributed by atoms with Crippen LogP contribution in [0, 0.1) is 0 Å². The van der Waals surface area contributed by atoms with E-state index in [9.17, 15) is 14.7 Å². The van der Waals surface area contributed by atoms with E-state index in [2.05, 4.69) is 24.0 Å². The van der Waals surface area contributed by atoms with Gasteiger partial charge in [-0.15, -0.1) is 0 Å². The lowest BCUT2D eigenvalue weighted by Gasteiger charge is -2.42. The van der Waals surface area contributed by atoms with Crippen molar-refractivity contribution in [1.82, 2.24) is 14.9 Å². The van der Waals surface area contributed by atoms with Crippen LogP contribution in [0.5, 0.6) is 35.0 Å². The molecule has 2 aromatic heterocycles. The number of piperidine rings is 1. The standard InChI is InChI=1S/C50H50ClN3O9/c1-4-58-45(55)22-28-60-43-20-18-37-39(30-33-10-6-8-12-41(33)62-48(37)52-43)32(3)47(54-26-24-50(57,25-27-54)35-14-16-36(51)17-15-35)40-31-34-11-7-9-13-42(34)63-49-38(40)19-21-44(53-49)61-29-23-46(56)59-5-2/h6-21,57H,4-5,22-31H2,1-3H3/b39-32-,47-40-. The van der Waals surface area contributed by atoms with E-state index >= 15 is 0 Å². The fourth-order valence-electron chi connectivity index (χ4n) is 8.34. The number of hydrogen-bond acceptors (Lipinski definition) is 12. The van der Waals surface area contributed by atoms with Gasteiger partial charge in [-0.25, -0.2) is 0 Å². The maximum absolute atomic E-state index is 12.1. The van der Waals surface area contributed by atoms with Crippen LogP contribution in [-0.4, -0.2) is 71.4 Å². The van der Waals surface area contributed by atoms with Crippen molar-refractivity contribution in [2.45, 2.75) is 64.9 Å². The van der Waals surface area contributed by atoms with Gasteiger partial charge in [0.2, 0.25) is 23.5 Å². The number of carbonyl (C=O) groups excluding carboxylic acids is 2. The van der Waals surface area contributed by atoms with Crippen LogP contribution in [0.1, 0.15) is 74.3 Å². The van der Waals surface area contributed by atoms with Gasteiger partial charge < -0.3 is 38.4 Å². The molecule has 0 amide bonds. The normalized spacial score (nSPS) is 16.6. The summed E-state index contributed by atoms with van der Waals surface area (Å²) < 4.78 is 35.3. The molecular formula is C50H50ClN3O9. The van der Waals surface area contributed by atoms with Crippen molar-refractivity contribution in [3.8, 4) is 35.0 Å². The zero-order chi connectivity index (χ0) is 43.9. The van der Waals surface area contributed by atoms with Crippen LogP contribution in [0.25, 0.3) is 11.1 Å². The maximum Gasteiger partial charge on any atom is 0.309 e. The molecule has 0 saturated carbocycles. The van der Waals surface area contributed by atoms with Crippen LogP contribution in [-0.2, 0) is 37.5 Å². The Morgan fingerprint density at radius 1 is 0.698 bits per heavy atom. The molecule has 3 aliphatic rings. The number of fused-ring (bicyclic) bond motifs is 4. The summed E-state index contributed by atoms with van der Waals surface area (Å²) in [6.07, 6.45) is 2.15. The second kappa shape index (κ2) is 19.3. The van der Waals surface area contributed by atoms with Gasteiger partial charge in [0.05, 0.1) is 31.7 Å². The van der Waals surface area contributed by atoms with Crippen LogP contribution < -0.4 is 18.9 Å². The first kappa shape index (κ1) is 43.3. The fraction of sp³-hybridized carbons (Fsp3) is 0.320. The smallest absolute Gasteiger partial charge is 0.309 e. The minimum atomic E-state index is -1.05. The van der Waals surface area contributed by atoms with E-state index in [4.69, 9.17) is 50.0 Å². The predicted octanol–water partition coefficient (Wildman–Crippen LogP) is 9.66. The van der Waals surface area contributed by atoms with E-state index in [1.807, 2.05) is 72.8 Å². The third-order valence-corrected chi connectivity index (χ3v) is 11.8. The summed E-state index contributed by atoms with van der Waals surface area (Å²) >= 11 is 6.26. The van der Waals surface area contributed by atoms with Crippen LogP contribution >= 0.6 is 11.6 Å². The molecule has 8 rings (SSSR count). The second-order valence-electron chi connectivity index (χ2n) is 15.5. The third-order valence-electron chi connectivity index (χ3n) is 11.5. The molecule has 0 bridgehead atoms. The van der Waals surface area contributed by atoms with Gasteiger partial charge in [-0.2, -0.15) is 9.97 Å². The number of halogens is 1. The van der Waals surface area contributed by atoms with Crippen molar-refractivity contribution in [2.75, 3.05) is 39.5 Å². The molecule has 1 fully saturated rings. The first-order chi connectivity index (χ1) is 30.6. The van der Waals surface area contributed by atoms with Crippen molar-refractivity contribution in [3.05, 3.63) is 141 Å². The van der Waals surface area contributed by atoms with Crippen molar-refractivity contribution in [2.24, 2.45) is 0 Å². The molecule has 5 heterocycles. The van der Waals surface area contributed by atoms with Gasteiger partial charge in [0.15, 0.2) is 0 Å².